The molecule has 7 heteroatoms. The third-order valence-electron chi connectivity index (χ3n) is 7.66. The number of ether oxygens (including phenoxy) is 1. The van der Waals surface area contributed by atoms with Crippen LogP contribution in [0.1, 0.15) is 35.2 Å². The van der Waals surface area contributed by atoms with E-state index in [2.05, 4.69) is 39.0 Å². The van der Waals surface area contributed by atoms with Crippen molar-refractivity contribution in [1.29, 1.82) is 0 Å². The molecule has 1 saturated carbocycles. The van der Waals surface area contributed by atoms with Gasteiger partial charge in [-0.3, -0.25) is 14.5 Å². The Morgan fingerprint density at radius 2 is 1.70 bits per heavy atom. The van der Waals surface area contributed by atoms with Crippen LogP contribution in [0.15, 0.2) is 48.7 Å². The Balaban J connectivity index is 1.11. The van der Waals surface area contributed by atoms with Crippen molar-refractivity contribution in [2.45, 2.75) is 25.8 Å². The van der Waals surface area contributed by atoms with Gasteiger partial charge >= 0.3 is 0 Å². The fourth-order valence-electron chi connectivity index (χ4n) is 5.48. The van der Waals surface area contributed by atoms with Gasteiger partial charge in [0.2, 0.25) is 11.8 Å². The molecular formula is C26H32N4O3. The van der Waals surface area contributed by atoms with E-state index in [1.165, 1.54) is 12.7 Å². The molecule has 174 valence electrons. The molecule has 0 unspecified atom stereocenters. The third-order valence-corrected chi connectivity index (χ3v) is 7.66. The molecule has 3 heterocycles. The van der Waals surface area contributed by atoms with E-state index < -0.39 is 0 Å². The van der Waals surface area contributed by atoms with Crippen LogP contribution in [0, 0.1) is 11.3 Å². The smallest absolute Gasteiger partial charge is 0.259 e. The first-order chi connectivity index (χ1) is 16.1. The van der Waals surface area contributed by atoms with Crippen LogP contribution in [-0.4, -0.2) is 77.9 Å². The van der Waals surface area contributed by atoms with E-state index >= 15 is 0 Å². The molecule has 3 fully saturated rings. The van der Waals surface area contributed by atoms with Gasteiger partial charge in [-0.05, 0) is 42.4 Å². The van der Waals surface area contributed by atoms with Gasteiger partial charge in [0, 0.05) is 57.9 Å². The van der Waals surface area contributed by atoms with E-state index in [-0.39, 0.29) is 17.2 Å². The number of aromatic nitrogens is 1. The Morgan fingerprint density at radius 3 is 2.39 bits per heavy atom. The largest absolute Gasteiger partial charge is 0.480 e. The number of carbonyl (C=O) groups excluding carboxylic acids is 2. The van der Waals surface area contributed by atoms with Crippen molar-refractivity contribution in [2.75, 3.05) is 46.4 Å². The summed E-state index contributed by atoms with van der Waals surface area (Å²) in [6, 6.07) is 14.0. The van der Waals surface area contributed by atoms with Crippen molar-refractivity contribution >= 4 is 11.8 Å². The highest BCUT2D eigenvalue weighted by Gasteiger charge is 2.59. The number of nitrogens with zero attached hydrogens (tertiary/aromatic N) is 4. The lowest BCUT2D eigenvalue weighted by atomic mass is 9.90. The van der Waals surface area contributed by atoms with Crippen LogP contribution < -0.4 is 4.74 Å². The van der Waals surface area contributed by atoms with E-state index in [1.807, 2.05) is 11.0 Å². The van der Waals surface area contributed by atoms with Crippen LogP contribution in [0.3, 0.4) is 0 Å². The Labute approximate surface area is 195 Å². The van der Waals surface area contributed by atoms with Gasteiger partial charge in [0.15, 0.2) is 0 Å². The summed E-state index contributed by atoms with van der Waals surface area (Å²) in [5.74, 6) is 0.785. The number of benzene rings is 1. The quantitative estimate of drug-likeness (QED) is 0.704. The van der Waals surface area contributed by atoms with Crippen molar-refractivity contribution in [1.82, 2.24) is 19.7 Å². The highest BCUT2D eigenvalue weighted by Crippen LogP contribution is 2.60. The van der Waals surface area contributed by atoms with Gasteiger partial charge in [0.25, 0.3) is 5.91 Å². The van der Waals surface area contributed by atoms with Crippen molar-refractivity contribution in [2.24, 2.45) is 11.3 Å². The zero-order chi connectivity index (χ0) is 22.8. The summed E-state index contributed by atoms with van der Waals surface area (Å²) >= 11 is 0. The summed E-state index contributed by atoms with van der Waals surface area (Å²) in [5, 5.41) is 0. The summed E-state index contributed by atoms with van der Waals surface area (Å²) in [6.45, 7) is 5.79. The Kier molecular flexibility index (Phi) is 6.06. The minimum absolute atomic E-state index is 0.0344. The Bertz CT molecular complexity index is 996. The maximum absolute atomic E-state index is 13.2. The zero-order valence-corrected chi connectivity index (χ0v) is 19.3. The molecule has 33 heavy (non-hydrogen) atoms. The van der Waals surface area contributed by atoms with E-state index in [0.717, 1.165) is 52.0 Å². The SMILES string of the molecule is COc1ncccc1C(=O)N1CCC2(CC1)C[C@H]2C(=O)N1CCN(Cc2ccccc2)CC1. The number of likely N-dealkylation sites (tertiary alicyclic amines) is 1. The highest BCUT2D eigenvalue weighted by molar-refractivity contribution is 5.96. The van der Waals surface area contributed by atoms with Crippen LogP contribution in [-0.2, 0) is 11.3 Å². The molecule has 1 aromatic heterocycles. The minimum Gasteiger partial charge on any atom is -0.480 e. The monoisotopic (exact) mass is 448 g/mol. The first kappa shape index (κ1) is 21.9. The number of hydrogen-bond donors (Lipinski definition) is 0. The minimum atomic E-state index is -0.0344. The topological polar surface area (TPSA) is 66.0 Å². The van der Waals surface area contributed by atoms with Crippen LogP contribution >= 0.6 is 0 Å². The second-order valence-electron chi connectivity index (χ2n) is 9.56. The number of methoxy groups -OCH3 is 1. The molecular weight excluding hydrogens is 416 g/mol. The summed E-state index contributed by atoms with van der Waals surface area (Å²) in [5.41, 5.74) is 1.92. The first-order valence-corrected chi connectivity index (χ1v) is 11.9. The lowest BCUT2D eigenvalue weighted by molar-refractivity contribution is -0.135. The number of rotatable bonds is 5. The summed E-state index contributed by atoms with van der Waals surface area (Å²) < 4.78 is 5.25. The molecule has 2 aliphatic heterocycles. The van der Waals surface area contributed by atoms with Gasteiger partial charge in [0.1, 0.15) is 5.56 Å². The molecule has 2 aromatic rings. The van der Waals surface area contributed by atoms with Gasteiger partial charge < -0.3 is 14.5 Å². The molecule has 2 amide bonds. The molecule has 0 radical (unpaired) electrons. The zero-order valence-electron chi connectivity index (χ0n) is 19.3. The lowest BCUT2D eigenvalue weighted by Gasteiger charge is -2.36. The van der Waals surface area contributed by atoms with Gasteiger partial charge in [-0.1, -0.05) is 30.3 Å². The van der Waals surface area contributed by atoms with Crippen LogP contribution in [0.4, 0.5) is 0 Å². The molecule has 0 bridgehead atoms. The fraction of sp³-hybridized carbons (Fsp3) is 0.500. The predicted octanol–water partition coefficient (Wildman–Crippen LogP) is 2.68. The van der Waals surface area contributed by atoms with Crippen molar-refractivity contribution in [3.63, 3.8) is 0 Å². The number of hydrogen-bond acceptors (Lipinski definition) is 5. The molecule has 7 nitrogen and oxygen atoms in total. The average molecular weight is 449 g/mol. The lowest BCUT2D eigenvalue weighted by Crippen LogP contribution is -2.49. The molecule has 1 aromatic carbocycles. The van der Waals surface area contributed by atoms with E-state index in [0.29, 0.717) is 30.4 Å². The van der Waals surface area contributed by atoms with Crippen LogP contribution in [0.5, 0.6) is 5.88 Å². The van der Waals surface area contributed by atoms with Gasteiger partial charge in [-0.2, -0.15) is 0 Å². The summed E-state index contributed by atoms with van der Waals surface area (Å²) in [7, 11) is 1.53. The molecule has 1 atom stereocenters. The number of carbonyl (C=O) groups is 2. The number of amides is 2. The third kappa shape index (κ3) is 4.47. The average Bonchev–Trinajstić information content (AvgIpc) is 3.57. The standard InChI is InChI=1S/C26H32N4O3/c1-33-23-21(8-5-11-27-23)24(31)29-12-9-26(10-13-29)18-22(26)25(32)30-16-14-28(15-17-30)19-20-6-3-2-4-7-20/h2-8,11,22H,9-10,12-19H2,1H3/t22-/m0/s1. The second kappa shape index (κ2) is 9.14. The first-order valence-electron chi connectivity index (χ1n) is 11.9. The highest BCUT2D eigenvalue weighted by atomic mass is 16.5. The van der Waals surface area contributed by atoms with E-state index in [4.69, 9.17) is 4.74 Å². The number of piperazine rings is 1. The van der Waals surface area contributed by atoms with Gasteiger partial charge in [-0.15, -0.1) is 0 Å². The molecule has 2 saturated heterocycles. The maximum Gasteiger partial charge on any atom is 0.259 e. The summed E-state index contributed by atoms with van der Waals surface area (Å²) in [6.07, 6.45) is 4.38. The molecule has 3 aliphatic rings. The predicted molar refractivity (Wildman–Crippen MR) is 125 cm³/mol. The van der Waals surface area contributed by atoms with E-state index in [9.17, 15) is 9.59 Å². The molecule has 0 N–H and O–H groups in total. The van der Waals surface area contributed by atoms with Crippen molar-refractivity contribution < 1.29 is 14.3 Å². The van der Waals surface area contributed by atoms with Crippen LogP contribution in [0.2, 0.25) is 0 Å². The molecule has 5 rings (SSSR count). The molecule has 1 aliphatic carbocycles. The van der Waals surface area contributed by atoms with E-state index in [1.54, 1.807) is 18.3 Å². The van der Waals surface area contributed by atoms with Crippen molar-refractivity contribution in [3.05, 3.63) is 59.8 Å². The number of piperidine rings is 1. The van der Waals surface area contributed by atoms with Crippen molar-refractivity contribution in [3.8, 4) is 5.88 Å². The fourth-order valence-corrected chi connectivity index (χ4v) is 5.48. The van der Waals surface area contributed by atoms with Gasteiger partial charge in [-0.25, -0.2) is 4.98 Å². The Morgan fingerprint density at radius 1 is 0.970 bits per heavy atom. The molecule has 1 spiro atoms. The van der Waals surface area contributed by atoms with Crippen LogP contribution in [0.25, 0.3) is 0 Å². The normalized spacial score (nSPS) is 22.3. The van der Waals surface area contributed by atoms with Gasteiger partial charge in [0.05, 0.1) is 7.11 Å². The summed E-state index contributed by atoms with van der Waals surface area (Å²) in [4.78, 5) is 36.7. The number of pyridine rings is 1. The maximum atomic E-state index is 13.2. The Hall–Kier alpha value is -2.93. The second-order valence-corrected chi connectivity index (χ2v) is 9.56.